The molecule has 3 heterocycles. The summed E-state index contributed by atoms with van der Waals surface area (Å²) in [4.78, 5) is 58.7. The van der Waals surface area contributed by atoms with Gasteiger partial charge in [0, 0.05) is 62.0 Å². The molecule has 10 nitrogen and oxygen atoms in total. The third-order valence-electron chi connectivity index (χ3n) is 8.04. The SMILES string of the molecule is CNC(=O)CNC(=O)C1CN(C(=O)Cc2c[nH]c3cc(OC)ccc23)CC2CN(C(=O)c3ccc(Cl)c(Cl)c3)CC21. The number of ether oxygens (including phenoxy) is 1. The summed E-state index contributed by atoms with van der Waals surface area (Å²) in [5.41, 5.74) is 2.12. The number of fused-ring (bicyclic) bond motifs is 2. The molecule has 2 aromatic carbocycles. The second kappa shape index (κ2) is 12.0. The van der Waals surface area contributed by atoms with Crippen molar-refractivity contribution >= 4 is 57.7 Å². The first-order valence-electron chi connectivity index (χ1n) is 13.3. The molecule has 12 heteroatoms. The number of likely N-dealkylation sites (N-methyl/N-ethyl adjacent to an activating group) is 1. The van der Waals surface area contributed by atoms with E-state index in [4.69, 9.17) is 27.9 Å². The van der Waals surface area contributed by atoms with Crippen LogP contribution in [0.15, 0.2) is 42.6 Å². The maximum atomic E-state index is 13.6. The van der Waals surface area contributed by atoms with Crippen LogP contribution in [0, 0.1) is 17.8 Å². The summed E-state index contributed by atoms with van der Waals surface area (Å²) >= 11 is 12.2. The molecule has 2 aliphatic rings. The number of rotatable bonds is 7. The van der Waals surface area contributed by atoms with Crippen LogP contribution in [0.5, 0.6) is 5.75 Å². The fourth-order valence-corrected chi connectivity index (χ4v) is 6.13. The lowest BCUT2D eigenvalue weighted by Gasteiger charge is -2.39. The first-order valence-corrected chi connectivity index (χ1v) is 14.1. The summed E-state index contributed by atoms with van der Waals surface area (Å²) in [6.07, 6.45) is 1.97. The summed E-state index contributed by atoms with van der Waals surface area (Å²) in [7, 11) is 3.09. The van der Waals surface area contributed by atoms with Gasteiger partial charge in [0.1, 0.15) is 5.75 Å². The second-order valence-electron chi connectivity index (χ2n) is 10.5. The third-order valence-corrected chi connectivity index (χ3v) is 8.78. The van der Waals surface area contributed by atoms with Gasteiger partial charge in [-0.3, -0.25) is 19.2 Å². The van der Waals surface area contributed by atoms with Gasteiger partial charge in [-0.1, -0.05) is 23.2 Å². The van der Waals surface area contributed by atoms with E-state index in [0.717, 1.165) is 16.5 Å². The highest BCUT2D eigenvalue weighted by Gasteiger charge is 2.47. The molecule has 3 unspecified atom stereocenters. The van der Waals surface area contributed by atoms with Crippen LogP contribution in [0.1, 0.15) is 15.9 Å². The zero-order chi connectivity index (χ0) is 29.3. The third kappa shape index (κ3) is 5.99. The molecule has 0 saturated carbocycles. The Hall–Kier alpha value is -3.76. The Balaban J connectivity index is 1.35. The number of H-pyrrole nitrogens is 1. The molecular formula is C29H31Cl2N5O5. The number of hydrogen-bond acceptors (Lipinski definition) is 5. The van der Waals surface area contributed by atoms with E-state index in [1.54, 1.807) is 29.0 Å². The number of benzene rings is 2. The lowest BCUT2D eigenvalue weighted by molar-refractivity contribution is -0.139. The topological polar surface area (TPSA) is 124 Å². The van der Waals surface area contributed by atoms with Crippen LogP contribution in [-0.2, 0) is 20.8 Å². The molecule has 41 heavy (non-hydrogen) atoms. The number of aromatic nitrogens is 1. The van der Waals surface area contributed by atoms with Crippen molar-refractivity contribution < 1.29 is 23.9 Å². The molecule has 0 bridgehead atoms. The molecule has 3 atom stereocenters. The van der Waals surface area contributed by atoms with Gasteiger partial charge in [0.05, 0.1) is 36.0 Å². The summed E-state index contributed by atoms with van der Waals surface area (Å²) < 4.78 is 5.29. The summed E-state index contributed by atoms with van der Waals surface area (Å²) in [5, 5.41) is 6.76. The normalized spacial score (nSPS) is 20.0. The Kier molecular flexibility index (Phi) is 8.42. The molecule has 5 rings (SSSR count). The molecule has 2 fully saturated rings. The smallest absolute Gasteiger partial charge is 0.253 e. The number of hydrogen-bond donors (Lipinski definition) is 3. The van der Waals surface area contributed by atoms with E-state index >= 15 is 0 Å². The van der Waals surface area contributed by atoms with Crippen molar-refractivity contribution in [1.29, 1.82) is 0 Å². The van der Waals surface area contributed by atoms with E-state index in [9.17, 15) is 19.2 Å². The van der Waals surface area contributed by atoms with Crippen LogP contribution < -0.4 is 15.4 Å². The van der Waals surface area contributed by atoms with E-state index in [1.165, 1.54) is 13.1 Å². The van der Waals surface area contributed by atoms with Crippen LogP contribution >= 0.6 is 23.2 Å². The Morgan fingerprint density at radius 3 is 2.51 bits per heavy atom. The van der Waals surface area contributed by atoms with Gasteiger partial charge in [0.15, 0.2) is 0 Å². The molecule has 2 aliphatic heterocycles. The van der Waals surface area contributed by atoms with E-state index in [0.29, 0.717) is 36.0 Å². The number of nitrogens with zero attached hydrogens (tertiary/aromatic N) is 2. The zero-order valence-corrected chi connectivity index (χ0v) is 24.2. The quantitative estimate of drug-likeness (QED) is 0.385. The zero-order valence-electron chi connectivity index (χ0n) is 22.7. The van der Waals surface area contributed by atoms with Crippen molar-refractivity contribution in [3.63, 3.8) is 0 Å². The number of carbonyl (C=O) groups is 4. The fraction of sp³-hybridized carbons (Fsp3) is 0.379. The largest absolute Gasteiger partial charge is 0.497 e. The van der Waals surface area contributed by atoms with Crippen molar-refractivity contribution in [2.24, 2.45) is 17.8 Å². The van der Waals surface area contributed by atoms with Gasteiger partial charge in [0.25, 0.3) is 5.91 Å². The van der Waals surface area contributed by atoms with Gasteiger partial charge >= 0.3 is 0 Å². The minimum Gasteiger partial charge on any atom is -0.497 e. The van der Waals surface area contributed by atoms with Crippen LogP contribution in [0.4, 0.5) is 0 Å². The van der Waals surface area contributed by atoms with E-state index in [-0.39, 0.29) is 60.0 Å². The molecule has 3 N–H and O–H groups in total. The highest BCUT2D eigenvalue weighted by molar-refractivity contribution is 6.42. The van der Waals surface area contributed by atoms with Crippen molar-refractivity contribution in [1.82, 2.24) is 25.4 Å². The molecule has 1 aromatic heterocycles. The van der Waals surface area contributed by atoms with Crippen LogP contribution in [-0.4, -0.2) is 85.3 Å². The van der Waals surface area contributed by atoms with E-state index in [2.05, 4.69) is 15.6 Å². The molecular weight excluding hydrogens is 569 g/mol. The van der Waals surface area contributed by atoms with E-state index < -0.39 is 5.92 Å². The minimum absolute atomic E-state index is 0.109. The Morgan fingerprint density at radius 1 is 1.00 bits per heavy atom. The summed E-state index contributed by atoms with van der Waals surface area (Å²) in [6, 6.07) is 10.4. The van der Waals surface area contributed by atoms with Crippen molar-refractivity contribution in [3.8, 4) is 5.75 Å². The Bertz CT molecular complexity index is 1510. The average molecular weight is 601 g/mol. The first-order chi connectivity index (χ1) is 19.7. The lowest BCUT2D eigenvalue weighted by atomic mass is 9.79. The second-order valence-corrected chi connectivity index (χ2v) is 11.3. The number of carbonyl (C=O) groups excluding carboxylic acids is 4. The number of halogens is 2. The maximum absolute atomic E-state index is 13.6. The lowest BCUT2D eigenvalue weighted by Crippen LogP contribution is -2.54. The minimum atomic E-state index is -0.582. The predicted octanol–water partition coefficient (Wildman–Crippen LogP) is 2.73. The van der Waals surface area contributed by atoms with Crippen LogP contribution in [0.2, 0.25) is 10.0 Å². The van der Waals surface area contributed by atoms with Crippen molar-refractivity contribution in [2.75, 3.05) is 46.9 Å². The summed E-state index contributed by atoms with van der Waals surface area (Å²) in [6.45, 7) is 1.20. The number of nitrogens with one attached hydrogen (secondary N) is 3. The number of likely N-dealkylation sites (tertiary alicyclic amines) is 2. The van der Waals surface area contributed by atoms with Gasteiger partial charge in [-0.05, 0) is 47.7 Å². The standard InChI is InChI=1S/C29H31Cl2N5O5/c1-32-26(37)11-34-28(39)22-15-35(27(38)8-17-10-33-25-9-19(41-2)4-5-20(17)25)12-18-13-36(14-21(18)22)29(40)16-3-6-23(30)24(31)7-16/h3-7,9-10,18,21-22,33H,8,11-15H2,1-2H3,(H,32,37)(H,34,39). The van der Waals surface area contributed by atoms with Crippen molar-refractivity contribution in [3.05, 3.63) is 63.8 Å². The number of piperidine rings is 1. The average Bonchev–Trinajstić information content (AvgIpc) is 3.59. The fourth-order valence-electron chi connectivity index (χ4n) is 5.83. The number of amides is 4. The van der Waals surface area contributed by atoms with Gasteiger partial charge < -0.3 is 30.2 Å². The van der Waals surface area contributed by atoms with Gasteiger partial charge in [0.2, 0.25) is 17.7 Å². The Morgan fingerprint density at radius 2 is 1.78 bits per heavy atom. The first kappa shape index (κ1) is 28.8. The molecule has 0 radical (unpaired) electrons. The van der Waals surface area contributed by atoms with Crippen LogP contribution in [0.25, 0.3) is 10.9 Å². The number of methoxy groups -OCH3 is 1. The molecule has 0 spiro atoms. The highest BCUT2D eigenvalue weighted by Crippen LogP contribution is 2.37. The molecule has 4 amide bonds. The van der Waals surface area contributed by atoms with Crippen LogP contribution in [0.3, 0.4) is 0 Å². The Labute approximate surface area is 247 Å². The molecule has 3 aromatic rings. The van der Waals surface area contributed by atoms with Gasteiger partial charge in [-0.15, -0.1) is 0 Å². The summed E-state index contributed by atoms with van der Waals surface area (Å²) in [5.74, 6) is -1.11. The molecule has 0 aliphatic carbocycles. The van der Waals surface area contributed by atoms with Crippen molar-refractivity contribution in [2.45, 2.75) is 6.42 Å². The van der Waals surface area contributed by atoms with E-state index in [1.807, 2.05) is 24.4 Å². The highest BCUT2D eigenvalue weighted by atomic mass is 35.5. The number of aromatic amines is 1. The van der Waals surface area contributed by atoms with Gasteiger partial charge in [-0.25, -0.2) is 0 Å². The predicted molar refractivity (Wildman–Crippen MR) is 155 cm³/mol. The molecule has 2 saturated heterocycles. The monoisotopic (exact) mass is 599 g/mol. The molecule has 216 valence electrons. The van der Waals surface area contributed by atoms with Gasteiger partial charge in [-0.2, -0.15) is 0 Å². The maximum Gasteiger partial charge on any atom is 0.253 e.